The van der Waals surface area contributed by atoms with Gasteiger partial charge in [-0.05, 0) is 12.8 Å². The van der Waals surface area contributed by atoms with Crippen LogP contribution >= 0.6 is 0 Å². The zero-order valence-electron chi connectivity index (χ0n) is 13.9. The van der Waals surface area contributed by atoms with E-state index in [9.17, 15) is 0 Å². The maximum atomic E-state index is 8.60. The van der Waals surface area contributed by atoms with Crippen LogP contribution in [0.3, 0.4) is 0 Å². The third-order valence-electron chi connectivity index (χ3n) is 3.84. The van der Waals surface area contributed by atoms with Crippen molar-refractivity contribution in [1.29, 1.82) is 0 Å². The summed E-state index contributed by atoms with van der Waals surface area (Å²) < 4.78 is 5.41. The maximum absolute atomic E-state index is 8.60. The van der Waals surface area contributed by atoms with Crippen molar-refractivity contribution in [2.45, 2.75) is 96.8 Å². The van der Waals surface area contributed by atoms with E-state index in [-0.39, 0.29) is 6.61 Å². The van der Waals surface area contributed by atoms with E-state index in [1.54, 1.807) is 0 Å². The Hall–Kier alpha value is -0.0800. The van der Waals surface area contributed by atoms with Crippen LogP contribution in [0.25, 0.3) is 0 Å². The summed E-state index contributed by atoms with van der Waals surface area (Å²) in [5, 5.41) is 8.60. The molecule has 1 N–H and O–H groups in total. The molecule has 0 saturated heterocycles. The molecule has 0 fully saturated rings. The molecule has 0 aliphatic rings. The van der Waals surface area contributed by atoms with Crippen molar-refractivity contribution < 1.29 is 9.84 Å². The van der Waals surface area contributed by atoms with Crippen LogP contribution in [0.5, 0.6) is 0 Å². The number of hydrogen-bond acceptors (Lipinski definition) is 2. The Balaban J connectivity index is 2.89. The van der Waals surface area contributed by atoms with Gasteiger partial charge < -0.3 is 9.84 Å². The summed E-state index contributed by atoms with van der Waals surface area (Å²) in [7, 11) is 0. The smallest absolute Gasteiger partial charge is 0.0487 e. The SMILES string of the molecule is CCCCCCCCCCCCCCCOCCCO. The van der Waals surface area contributed by atoms with E-state index in [4.69, 9.17) is 9.84 Å². The molecular formula is C18H38O2. The molecule has 0 aliphatic carbocycles. The maximum Gasteiger partial charge on any atom is 0.0487 e. The van der Waals surface area contributed by atoms with Crippen molar-refractivity contribution >= 4 is 0 Å². The minimum absolute atomic E-state index is 0.249. The van der Waals surface area contributed by atoms with Gasteiger partial charge in [0, 0.05) is 19.8 Å². The second-order valence-corrected chi connectivity index (χ2v) is 5.93. The molecular weight excluding hydrogens is 248 g/mol. The molecule has 0 spiro atoms. The highest BCUT2D eigenvalue weighted by Crippen LogP contribution is 2.12. The Bertz CT molecular complexity index is 141. The summed E-state index contributed by atoms with van der Waals surface area (Å²) in [6.45, 7) is 4.12. The molecule has 0 aromatic heterocycles. The zero-order valence-corrected chi connectivity index (χ0v) is 13.9. The molecule has 0 saturated carbocycles. The zero-order chi connectivity index (χ0) is 14.7. The summed E-state index contributed by atoms with van der Waals surface area (Å²) in [5.74, 6) is 0. The van der Waals surface area contributed by atoms with Crippen molar-refractivity contribution in [2.75, 3.05) is 19.8 Å². The lowest BCUT2D eigenvalue weighted by molar-refractivity contribution is 0.112. The van der Waals surface area contributed by atoms with Gasteiger partial charge in [-0.15, -0.1) is 0 Å². The van der Waals surface area contributed by atoms with Crippen molar-refractivity contribution in [3.05, 3.63) is 0 Å². The van der Waals surface area contributed by atoms with Crippen LogP contribution in [0.2, 0.25) is 0 Å². The first-order chi connectivity index (χ1) is 9.91. The standard InChI is InChI=1S/C18H38O2/c1-2-3-4-5-6-7-8-9-10-11-12-13-14-17-20-18-15-16-19/h19H,2-18H2,1H3. The second-order valence-electron chi connectivity index (χ2n) is 5.93. The van der Waals surface area contributed by atoms with Gasteiger partial charge in [-0.3, -0.25) is 0 Å². The highest BCUT2D eigenvalue weighted by Gasteiger charge is 1.94. The number of aliphatic hydroxyl groups is 1. The average molecular weight is 286 g/mol. The molecule has 0 aromatic rings. The highest BCUT2D eigenvalue weighted by molar-refractivity contribution is 4.49. The lowest BCUT2D eigenvalue weighted by Gasteiger charge is -2.04. The van der Waals surface area contributed by atoms with Gasteiger partial charge in [-0.1, -0.05) is 84.0 Å². The lowest BCUT2D eigenvalue weighted by Crippen LogP contribution is -1.98. The fourth-order valence-electron chi connectivity index (χ4n) is 2.49. The van der Waals surface area contributed by atoms with Crippen LogP contribution < -0.4 is 0 Å². The van der Waals surface area contributed by atoms with Gasteiger partial charge in [0.05, 0.1) is 0 Å². The predicted molar refractivity (Wildman–Crippen MR) is 88.2 cm³/mol. The van der Waals surface area contributed by atoms with Gasteiger partial charge in [0.2, 0.25) is 0 Å². The molecule has 0 bridgehead atoms. The predicted octanol–water partition coefficient (Wildman–Crippen LogP) is 5.48. The van der Waals surface area contributed by atoms with Gasteiger partial charge in [-0.25, -0.2) is 0 Å². The van der Waals surface area contributed by atoms with E-state index in [1.165, 1.54) is 83.5 Å². The van der Waals surface area contributed by atoms with Crippen LogP contribution in [-0.4, -0.2) is 24.9 Å². The quantitative estimate of drug-likeness (QED) is 0.359. The van der Waals surface area contributed by atoms with Gasteiger partial charge in [-0.2, -0.15) is 0 Å². The van der Waals surface area contributed by atoms with Crippen LogP contribution in [0.15, 0.2) is 0 Å². The topological polar surface area (TPSA) is 29.5 Å². The largest absolute Gasteiger partial charge is 0.396 e. The summed E-state index contributed by atoms with van der Waals surface area (Å²) >= 11 is 0. The third-order valence-corrected chi connectivity index (χ3v) is 3.84. The Morgan fingerprint density at radius 3 is 1.40 bits per heavy atom. The Morgan fingerprint density at radius 1 is 0.550 bits per heavy atom. The fourth-order valence-corrected chi connectivity index (χ4v) is 2.49. The highest BCUT2D eigenvalue weighted by atomic mass is 16.5. The van der Waals surface area contributed by atoms with Gasteiger partial charge in [0.1, 0.15) is 0 Å². The van der Waals surface area contributed by atoms with Crippen molar-refractivity contribution in [1.82, 2.24) is 0 Å². The summed E-state index contributed by atoms with van der Waals surface area (Å²) in [4.78, 5) is 0. The van der Waals surface area contributed by atoms with Crippen molar-refractivity contribution in [3.8, 4) is 0 Å². The van der Waals surface area contributed by atoms with Gasteiger partial charge in [0.15, 0.2) is 0 Å². The first-order valence-electron chi connectivity index (χ1n) is 9.10. The van der Waals surface area contributed by atoms with Crippen LogP contribution in [0.1, 0.15) is 96.8 Å². The summed E-state index contributed by atoms with van der Waals surface area (Å²) in [5.41, 5.74) is 0. The number of hydrogen-bond donors (Lipinski definition) is 1. The molecule has 0 aliphatic heterocycles. The van der Waals surface area contributed by atoms with E-state index in [1.807, 2.05) is 0 Å². The monoisotopic (exact) mass is 286 g/mol. The minimum Gasteiger partial charge on any atom is -0.396 e. The van der Waals surface area contributed by atoms with E-state index in [0.29, 0.717) is 0 Å². The second kappa shape index (κ2) is 18.9. The minimum atomic E-state index is 0.249. The first kappa shape index (κ1) is 19.9. The Kier molecular flexibility index (Phi) is 18.8. The number of unbranched alkanes of at least 4 members (excludes halogenated alkanes) is 12. The van der Waals surface area contributed by atoms with Crippen LogP contribution in [0, 0.1) is 0 Å². The lowest BCUT2D eigenvalue weighted by atomic mass is 10.0. The third kappa shape index (κ3) is 17.9. The fraction of sp³-hybridized carbons (Fsp3) is 1.00. The molecule has 0 heterocycles. The normalized spacial score (nSPS) is 11.1. The van der Waals surface area contributed by atoms with Gasteiger partial charge in [0.25, 0.3) is 0 Å². The molecule has 0 rings (SSSR count). The molecule has 2 nitrogen and oxygen atoms in total. The number of rotatable bonds is 17. The average Bonchev–Trinajstić information content (AvgIpc) is 2.47. The molecule has 122 valence electrons. The molecule has 0 amide bonds. The number of ether oxygens (including phenoxy) is 1. The van der Waals surface area contributed by atoms with E-state index in [2.05, 4.69) is 6.92 Å². The molecule has 0 unspecified atom stereocenters. The van der Waals surface area contributed by atoms with E-state index in [0.717, 1.165) is 19.6 Å². The van der Waals surface area contributed by atoms with Crippen molar-refractivity contribution in [3.63, 3.8) is 0 Å². The van der Waals surface area contributed by atoms with Gasteiger partial charge >= 0.3 is 0 Å². The summed E-state index contributed by atoms with van der Waals surface area (Å²) in [6.07, 6.45) is 18.9. The number of aliphatic hydroxyl groups excluding tert-OH is 1. The van der Waals surface area contributed by atoms with E-state index >= 15 is 0 Å². The molecule has 0 radical (unpaired) electrons. The Labute approximate surface area is 127 Å². The van der Waals surface area contributed by atoms with E-state index < -0.39 is 0 Å². The summed E-state index contributed by atoms with van der Waals surface area (Å²) in [6, 6.07) is 0. The molecule has 0 aromatic carbocycles. The Morgan fingerprint density at radius 2 is 0.950 bits per heavy atom. The first-order valence-corrected chi connectivity index (χ1v) is 9.10. The van der Waals surface area contributed by atoms with Crippen molar-refractivity contribution in [2.24, 2.45) is 0 Å². The molecule has 0 atom stereocenters. The van der Waals surface area contributed by atoms with Crippen LogP contribution in [-0.2, 0) is 4.74 Å². The van der Waals surface area contributed by atoms with Crippen LogP contribution in [0.4, 0.5) is 0 Å². The molecule has 20 heavy (non-hydrogen) atoms. The molecule has 2 heteroatoms.